The van der Waals surface area contributed by atoms with Gasteiger partial charge >= 0.3 is 0 Å². The quantitative estimate of drug-likeness (QED) is 0.920. The van der Waals surface area contributed by atoms with Gasteiger partial charge in [0, 0.05) is 19.7 Å². The number of carbonyl (C=O) groups excluding carboxylic acids is 1. The standard InChI is InChI=1S/C16H20N4O2/c21-12-14-6-8-19(9-7-14)16(22)15-11-20(18-17-15)10-13-4-2-1-3-5-13/h1-5,11,14,21H,6-10,12H2. The number of hydrogen-bond acceptors (Lipinski definition) is 4. The molecule has 0 spiro atoms. The van der Waals surface area contributed by atoms with E-state index in [0.29, 0.717) is 31.2 Å². The molecule has 1 N–H and O–H groups in total. The van der Waals surface area contributed by atoms with Crippen molar-refractivity contribution in [1.82, 2.24) is 19.9 Å². The maximum atomic E-state index is 12.4. The highest BCUT2D eigenvalue weighted by molar-refractivity contribution is 5.91. The fraction of sp³-hybridized carbons (Fsp3) is 0.438. The molecule has 1 aromatic heterocycles. The second-order valence-corrected chi connectivity index (χ2v) is 5.71. The Morgan fingerprint density at radius 1 is 1.23 bits per heavy atom. The molecule has 1 saturated heterocycles. The maximum Gasteiger partial charge on any atom is 0.276 e. The van der Waals surface area contributed by atoms with Crippen molar-refractivity contribution in [2.24, 2.45) is 5.92 Å². The minimum Gasteiger partial charge on any atom is -0.396 e. The monoisotopic (exact) mass is 300 g/mol. The molecular formula is C16H20N4O2. The molecule has 116 valence electrons. The summed E-state index contributed by atoms with van der Waals surface area (Å²) >= 11 is 0. The first-order valence-corrected chi connectivity index (χ1v) is 7.60. The van der Waals surface area contributed by atoms with E-state index in [1.807, 2.05) is 30.3 Å². The summed E-state index contributed by atoms with van der Waals surface area (Å²) in [4.78, 5) is 14.2. The predicted octanol–water partition coefficient (Wildman–Crippen LogP) is 1.17. The van der Waals surface area contributed by atoms with Crippen molar-refractivity contribution in [1.29, 1.82) is 0 Å². The van der Waals surface area contributed by atoms with Crippen LogP contribution in [0.25, 0.3) is 0 Å². The fourth-order valence-corrected chi connectivity index (χ4v) is 2.72. The fourth-order valence-electron chi connectivity index (χ4n) is 2.72. The van der Waals surface area contributed by atoms with Crippen LogP contribution in [0.2, 0.25) is 0 Å². The minimum atomic E-state index is -0.0734. The van der Waals surface area contributed by atoms with Gasteiger partial charge in [-0.2, -0.15) is 0 Å². The average molecular weight is 300 g/mol. The lowest BCUT2D eigenvalue weighted by atomic mass is 9.98. The average Bonchev–Trinajstić information content (AvgIpc) is 3.04. The number of piperidine rings is 1. The van der Waals surface area contributed by atoms with E-state index < -0.39 is 0 Å². The highest BCUT2D eigenvalue weighted by Gasteiger charge is 2.24. The van der Waals surface area contributed by atoms with Gasteiger partial charge in [0.25, 0.3) is 5.91 Å². The van der Waals surface area contributed by atoms with Crippen molar-refractivity contribution in [2.45, 2.75) is 19.4 Å². The number of hydrogen-bond donors (Lipinski definition) is 1. The van der Waals surface area contributed by atoms with Crippen LogP contribution in [0.1, 0.15) is 28.9 Å². The molecule has 22 heavy (non-hydrogen) atoms. The van der Waals surface area contributed by atoms with Gasteiger partial charge in [0.15, 0.2) is 5.69 Å². The van der Waals surface area contributed by atoms with Crippen LogP contribution in [0.4, 0.5) is 0 Å². The summed E-state index contributed by atoms with van der Waals surface area (Å²) in [7, 11) is 0. The van der Waals surface area contributed by atoms with Gasteiger partial charge in [0.1, 0.15) is 0 Å². The van der Waals surface area contributed by atoms with E-state index in [9.17, 15) is 4.79 Å². The van der Waals surface area contributed by atoms with Gasteiger partial charge in [0.2, 0.25) is 0 Å². The molecule has 6 nitrogen and oxygen atoms in total. The molecule has 0 atom stereocenters. The van der Waals surface area contributed by atoms with Crippen LogP contribution in [0.3, 0.4) is 0 Å². The van der Waals surface area contributed by atoms with Gasteiger partial charge < -0.3 is 10.0 Å². The predicted molar refractivity (Wildman–Crippen MR) is 81.3 cm³/mol. The van der Waals surface area contributed by atoms with E-state index in [1.165, 1.54) is 0 Å². The Morgan fingerprint density at radius 3 is 2.64 bits per heavy atom. The largest absolute Gasteiger partial charge is 0.396 e. The topological polar surface area (TPSA) is 71.2 Å². The number of aliphatic hydroxyl groups is 1. The molecule has 6 heteroatoms. The Morgan fingerprint density at radius 2 is 1.95 bits per heavy atom. The second kappa shape index (κ2) is 6.70. The van der Waals surface area contributed by atoms with Gasteiger partial charge in [-0.05, 0) is 24.3 Å². The molecule has 0 aliphatic carbocycles. The number of aliphatic hydroxyl groups excluding tert-OH is 1. The van der Waals surface area contributed by atoms with Crippen LogP contribution < -0.4 is 0 Å². The van der Waals surface area contributed by atoms with E-state index in [4.69, 9.17) is 5.11 Å². The first-order valence-electron chi connectivity index (χ1n) is 7.60. The Bertz CT molecular complexity index is 618. The van der Waals surface area contributed by atoms with Gasteiger partial charge in [-0.3, -0.25) is 4.79 Å². The molecule has 0 saturated carbocycles. The Hall–Kier alpha value is -2.21. The molecular weight excluding hydrogens is 280 g/mol. The van der Waals surface area contributed by atoms with Gasteiger partial charge in [-0.1, -0.05) is 35.5 Å². The Labute approximate surface area is 129 Å². The zero-order chi connectivity index (χ0) is 15.4. The number of rotatable bonds is 4. The second-order valence-electron chi connectivity index (χ2n) is 5.71. The van der Waals surface area contributed by atoms with Crippen LogP contribution >= 0.6 is 0 Å². The lowest BCUT2D eigenvalue weighted by molar-refractivity contribution is 0.0645. The summed E-state index contributed by atoms with van der Waals surface area (Å²) in [6, 6.07) is 9.95. The number of nitrogens with zero attached hydrogens (tertiary/aromatic N) is 4. The highest BCUT2D eigenvalue weighted by atomic mass is 16.3. The van der Waals surface area contributed by atoms with Crippen molar-refractivity contribution >= 4 is 5.91 Å². The van der Waals surface area contributed by atoms with Gasteiger partial charge in [0.05, 0.1) is 12.7 Å². The minimum absolute atomic E-state index is 0.0734. The summed E-state index contributed by atoms with van der Waals surface area (Å²) < 4.78 is 1.68. The third kappa shape index (κ3) is 3.33. The summed E-state index contributed by atoms with van der Waals surface area (Å²) in [6.07, 6.45) is 3.40. The molecule has 1 aliphatic rings. The molecule has 1 amide bonds. The van der Waals surface area contributed by atoms with E-state index >= 15 is 0 Å². The molecule has 1 aliphatic heterocycles. The molecule has 2 aromatic rings. The van der Waals surface area contributed by atoms with Crippen molar-refractivity contribution in [3.05, 3.63) is 47.8 Å². The van der Waals surface area contributed by atoms with Crippen LogP contribution in [0.5, 0.6) is 0 Å². The van der Waals surface area contributed by atoms with Crippen molar-refractivity contribution < 1.29 is 9.90 Å². The maximum absolute atomic E-state index is 12.4. The first-order chi connectivity index (χ1) is 10.8. The third-order valence-electron chi connectivity index (χ3n) is 4.11. The number of likely N-dealkylation sites (tertiary alicyclic amines) is 1. The molecule has 0 unspecified atom stereocenters. The summed E-state index contributed by atoms with van der Waals surface area (Å²) in [5.41, 5.74) is 1.51. The number of aromatic nitrogens is 3. The smallest absolute Gasteiger partial charge is 0.276 e. The van der Waals surface area contributed by atoms with Crippen molar-refractivity contribution in [3.63, 3.8) is 0 Å². The molecule has 1 aromatic carbocycles. The van der Waals surface area contributed by atoms with Crippen molar-refractivity contribution in [3.8, 4) is 0 Å². The molecule has 3 rings (SSSR count). The van der Waals surface area contributed by atoms with Crippen molar-refractivity contribution in [2.75, 3.05) is 19.7 Å². The summed E-state index contributed by atoms with van der Waals surface area (Å²) in [6.45, 7) is 2.16. The molecule has 1 fully saturated rings. The van der Waals surface area contributed by atoms with E-state index in [-0.39, 0.29) is 12.5 Å². The molecule has 0 bridgehead atoms. The van der Waals surface area contributed by atoms with E-state index in [0.717, 1.165) is 18.4 Å². The van der Waals surface area contributed by atoms with Crippen LogP contribution in [0, 0.1) is 5.92 Å². The Balaban J connectivity index is 1.62. The number of amides is 1. The summed E-state index contributed by atoms with van der Waals surface area (Å²) in [5, 5.41) is 17.2. The molecule has 0 radical (unpaired) electrons. The normalized spacial score (nSPS) is 16.0. The van der Waals surface area contributed by atoms with Crippen LogP contribution in [-0.4, -0.2) is 50.6 Å². The Kier molecular flexibility index (Phi) is 4.48. The lowest BCUT2D eigenvalue weighted by Crippen LogP contribution is -2.39. The van der Waals surface area contributed by atoms with E-state index in [2.05, 4.69) is 10.3 Å². The molecule has 2 heterocycles. The summed E-state index contributed by atoms with van der Waals surface area (Å²) in [5.74, 6) is 0.244. The van der Waals surface area contributed by atoms with Gasteiger partial charge in [-0.15, -0.1) is 5.10 Å². The van der Waals surface area contributed by atoms with Gasteiger partial charge in [-0.25, -0.2) is 4.68 Å². The van der Waals surface area contributed by atoms with E-state index in [1.54, 1.807) is 15.8 Å². The zero-order valence-corrected chi connectivity index (χ0v) is 12.4. The lowest BCUT2D eigenvalue weighted by Gasteiger charge is -2.30. The number of benzene rings is 1. The third-order valence-corrected chi connectivity index (χ3v) is 4.11. The SMILES string of the molecule is O=C(c1cn(Cc2ccccc2)nn1)N1CCC(CO)CC1. The van der Waals surface area contributed by atoms with Crippen LogP contribution in [-0.2, 0) is 6.54 Å². The number of carbonyl (C=O) groups is 1. The first kappa shape index (κ1) is 14.7. The van der Waals surface area contributed by atoms with Crippen LogP contribution in [0.15, 0.2) is 36.5 Å². The zero-order valence-electron chi connectivity index (χ0n) is 12.4. The highest BCUT2D eigenvalue weighted by Crippen LogP contribution is 2.17.